The summed E-state index contributed by atoms with van der Waals surface area (Å²) in [5.41, 5.74) is 0.612. The van der Waals surface area contributed by atoms with E-state index in [-0.39, 0.29) is 18.7 Å². The quantitative estimate of drug-likeness (QED) is 0.499. The smallest absolute Gasteiger partial charge is 0.344 e. The standard InChI is InChI=1S/C17H23ClN4O3/c1-4-5-6-7-12(2)25-15(23)11-24-17-20-16(22(3)21-17)14-9-8-13(18)10-19-14/h8-10,12H,4-7,11H2,1-3H3. The fraction of sp³-hybridized carbons (Fsp3) is 0.529. The zero-order valence-electron chi connectivity index (χ0n) is 14.7. The number of carbonyl (C=O) groups is 1. The molecule has 8 heteroatoms. The van der Waals surface area contributed by atoms with Crippen LogP contribution >= 0.6 is 11.6 Å². The summed E-state index contributed by atoms with van der Waals surface area (Å²) in [5.74, 6) is 0.0931. The first-order valence-electron chi connectivity index (χ1n) is 8.34. The lowest BCUT2D eigenvalue weighted by molar-refractivity contribution is -0.151. The number of ether oxygens (including phenoxy) is 2. The minimum atomic E-state index is -0.428. The molecule has 0 radical (unpaired) electrons. The lowest BCUT2D eigenvalue weighted by Crippen LogP contribution is -2.21. The van der Waals surface area contributed by atoms with Gasteiger partial charge >= 0.3 is 12.0 Å². The highest BCUT2D eigenvalue weighted by Gasteiger charge is 2.15. The SMILES string of the molecule is CCCCCC(C)OC(=O)COc1nc(-c2ccc(Cl)cn2)n(C)n1. The third-order valence-corrected chi connectivity index (χ3v) is 3.79. The van der Waals surface area contributed by atoms with Crippen LogP contribution in [0, 0.1) is 0 Å². The van der Waals surface area contributed by atoms with Gasteiger partial charge in [0.1, 0.15) is 5.69 Å². The minimum Gasteiger partial charge on any atom is -0.460 e. The second-order valence-electron chi connectivity index (χ2n) is 5.79. The lowest BCUT2D eigenvalue weighted by atomic mass is 10.1. The van der Waals surface area contributed by atoms with Crippen LogP contribution in [0.1, 0.15) is 39.5 Å². The largest absolute Gasteiger partial charge is 0.460 e. The average molecular weight is 367 g/mol. The van der Waals surface area contributed by atoms with Crippen LogP contribution < -0.4 is 4.74 Å². The van der Waals surface area contributed by atoms with E-state index in [1.165, 1.54) is 10.9 Å². The van der Waals surface area contributed by atoms with Gasteiger partial charge in [-0.2, -0.15) is 4.98 Å². The van der Waals surface area contributed by atoms with E-state index < -0.39 is 5.97 Å². The minimum absolute atomic E-state index is 0.102. The molecule has 0 fully saturated rings. The summed E-state index contributed by atoms with van der Waals surface area (Å²) in [5, 5.41) is 4.66. The summed E-state index contributed by atoms with van der Waals surface area (Å²) >= 11 is 5.83. The molecule has 1 atom stereocenters. The van der Waals surface area contributed by atoms with Gasteiger partial charge < -0.3 is 9.47 Å². The topological polar surface area (TPSA) is 79.1 Å². The number of hydrogen-bond donors (Lipinski definition) is 0. The second-order valence-corrected chi connectivity index (χ2v) is 6.22. The first-order chi connectivity index (χ1) is 12.0. The van der Waals surface area contributed by atoms with E-state index in [0.29, 0.717) is 16.5 Å². The Morgan fingerprint density at radius 3 is 2.84 bits per heavy atom. The van der Waals surface area contributed by atoms with Crippen LogP contribution in [0.15, 0.2) is 18.3 Å². The van der Waals surface area contributed by atoms with Gasteiger partial charge in [-0.25, -0.2) is 9.48 Å². The van der Waals surface area contributed by atoms with Gasteiger partial charge in [-0.3, -0.25) is 4.98 Å². The summed E-state index contributed by atoms with van der Waals surface area (Å²) in [7, 11) is 1.72. The normalized spacial score (nSPS) is 12.0. The third kappa shape index (κ3) is 6.01. The molecule has 0 bridgehead atoms. The Morgan fingerprint density at radius 2 is 2.16 bits per heavy atom. The first-order valence-corrected chi connectivity index (χ1v) is 8.72. The van der Waals surface area contributed by atoms with Crippen molar-refractivity contribution in [2.45, 2.75) is 45.6 Å². The molecular formula is C17H23ClN4O3. The zero-order chi connectivity index (χ0) is 18.2. The number of esters is 1. The van der Waals surface area contributed by atoms with E-state index >= 15 is 0 Å². The Labute approximate surface area is 152 Å². The Kier molecular flexibility index (Phi) is 7.18. The van der Waals surface area contributed by atoms with Crippen LogP contribution in [0.5, 0.6) is 6.01 Å². The highest BCUT2D eigenvalue weighted by Crippen LogP contribution is 2.18. The predicted octanol–water partition coefficient (Wildman–Crippen LogP) is 3.42. The lowest BCUT2D eigenvalue weighted by Gasteiger charge is -2.12. The zero-order valence-corrected chi connectivity index (χ0v) is 15.5. The molecule has 0 amide bonds. The summed E-state index contributed by atoms with van der Waals surface area (Å²) in [6, 6.07) is 3.56. The number of unbranched alkanes of at least 4 members (excludes halogenated alkanes) is 2. The molecule has 2 rings (SSSR count). The number of pyridine rings is 1. The fourth-order valence-corrected chi connectivity index (χ4v) is 2.39. The average Bonchev–Trinajstić information content (AvgIpc) is 2.95. The summed E-state index contributed by atoms with van der Waals surface area (Å²) in [6.45, 7) is 3.80. The number of rotatable bonds is 9. The van der Waals surface area contributed by atoms with Gasteiger partial charge in [0.05, 0.1) is 11.1 Å². The highest BCUT2D eigenvalue weighted by atomic mass is 35.5. The maximum atomic E-state index is 11.8. The van der Waals surface area contributed by atoms with Crippen LogP contribution in [0.4, 0.5) is 0 Å². The molecule has 0 saturated heterocycles. The molecule has 0 saturated carbocycles. The number of carbonyl (C=O) groups excluding carboxylic acids is 1. The molecular weight excluding hydrogens is 344 g/mol. The Balaban J connectivity index is 1.86. The molecule has 0 aliphatic rings. The van der Waals surface area contributed by atoms with Crippen molar-refractivity contribution >= 4 is 17.6 Å². The maximum absolute atomic E-state index is 11.8. The van der Waals surface area contributed by atoms with Crippen molar-refractivity contribution in [3.8, 4) is 17.5 Å². The molecule has 2 aromatic heterocycles. The molecule has 2 aromatic rings. The highest BCUT2D eigenvalue weighted by molar-refractivity contribution is 6.30. The molecule has 0 aliphatic carbocycles. The molecule has 25 heavy (non-hydrogen) atoms. The molecule has 2 heterocycles. The monoisotopic (exact) mass is 366 g/mol. The van der Waals surface area contributed by atoms with Crippen LogP contribution in [0.25, 0.3) is 11.5 Å². The Bertz CT molecular complexity index is 688. The van der Waals surface area contributed by atoms with E-state index in [1.807, 2.05) is 6.92 Å². The van der Waals surface area contributed by atoms with Crippen molar-refractivity contribution in [3.63, 3.8) is 0 Å². The summed E-state index contributed by atoms with van der Waals surface area (Å²) in [4.78, 5) is 20.3. The Morgan fingerprint density at radius 1 is 1.36 bits per heavy atom. The van der Waals surface area contributed by atoms with Crippen LogP contribution in [0.3, 0.4) is 0 Å². The summed E-state index contributed by atoms with van der Waals surface area (Å²) < 4.78 is 12.2. The number of hydrogen-bond acceptors (Lipinski definition) is 6. The molecule has 0 aliphatic heterocycles. The van der Waals surface area contributed by atoms with E-state index in [2.05, 4.69) is 22.0 Å². The van der Waals surface area contributed by atoms with Crippen molar-refractivity contribution in [2.24, 2.45) is 7.05 Å². The molecule has 0 N–H and O–H groups in total. The van der Waals surface area contributed by atoms with E-state index in [0.717, 1.165) is 25.7 Å². The van der Waals surface area contributed by atoms with Gasteiger partial charge in [-0.15, -0.1) is 5.10 Å². The fourth-order valence-electron chi connectivity index (χ4n) is 2.28. The number of aryl methyl sites for hydroxylation is 1. The van der Waals surface area contributed by atoms with Crippen LogP contribution in [0.2, 0.25) is 5.02 Å². The third-order valence-electron chi connectivity index (χ3n) is 3.57. The number of nitrogens with zero attached hydrogens (tertiary/aromatic N) is 4. The van der Waals surface area contributed by atoms with Crippen LogP contribution in [-0.2, 0) is 16.6 Å². The van der Waals surface area contributed by atoms with E-state index in [9.17, 15) is 4.79 Å². The molecule has 136 valence electrons. The van der Waals surface area contributed by atoms with Gasteiger partial charge in [0, 0.05) is 13.2 Å². The Hall–Kier alpha value is -2.15. The van der Waals surface area contributed by atoms with Crippen LogP contribution in [-0.4, -0.2) is 38.4 Å². The van der Waals surface area contributed by atoms with Gasteiger partial charge in [0.25, 0.3) is 0 Å². The van der Waals surface area contributed by atoms with E-state index in [4.69, 9.17) is 21.1 Å². The van der Waals surface area contributed by atoms with Gasteiger partial charge in [0.2, 0.25) is 0 Å². The van der Waals surface area contributed by atoms with Crippen molar-refractivity contribution in [1.82, 2.24) is 19.7 Å². The van der Waals surface area contributed by atoms with Gasteiger partial charge in [-0.05, 0) is 31.9 Å². The molecule has 1 unspecified atom stereocenters. The van der Waals surface area contributed by atoms with Crippen molar-refractivity contribution in [2.75, 3.05) is 6.61 Å². The van der Waals surface area contributed by atoms with Gasteiger partial charge in [0.15, 0.2) is 12.4 Å². The summed E-state index contributed by atoms with van der Waals surface area (Å²) in [6.07, 6.45) is 5.59. The number of halogens is 1. The van der Waals surface area contributed by atoms with Crippen molar-refractivity contribution in [3.05, 3.63) is 23.4 Å². The first kappa shape index (κ1) is 19.2. The van der Waals surface area contributed by atoms with Crippen molar-refractivity contribution < 1.29 is 14.3 Å². The predicted molar refractivity (Wildman–Crippen MR) is 94.4 cm³/mol. The van der Waals surface area contributed by atoms with Gasteiger partial charge in [-0.1, -0.05) is 31.4 Å². The maximum Gasteiger partial charge on any atom is 0.344 e. The molecule has 0 spiro atoms. The second kappa shape index (κ2) is 9.36. The van der Waals surface area contributed by atoms with E-state index in [1.54, 1.807) is 19.2 Å². The molecule has 7 nitrogen and oxygen atoms in total. The molecule has 0 aromatic carbocycles. The van der Waals surface area contributed by atoms with Crippen molar-refractivity contribution in [1.29, 1.82) is 0 Å². The number of aromatic nitrogens is 4.